The van der Waals surface area contributed by atoms with Crippen LogP contribution in [0.1, 0.15) is 0 Å². The van der Waals surface area contributed by atoms with Crippen LogP contribution < -0.4 is 9.64 Å². The first-order valence-corrected chi connectivity index (χ1v) is 10.7. The minimum atomic E-state index is -3.16. The number of nitrogens with zero attached hydrogens (tertiary/aromatic N) is 2. The molecule has 11 heteroatoms. The average Bonchev–Trinajstić information content (AvgIpc) is 3.05. The number of anilines is 1. The second-order valence-corrected chi connectivity index (χ2v) is 9.41. The number of amides is 1. The smallest absolute Gasteiger partial charge is 0.329 e. The third-order valence-corrected chi connectivity index (χ3v) is 7.28. The van der Waals surface area contributed by atoms with Crippen LogP contribution in [0.2, 0.25) is 0 Å². The monoisotopic (exact) mass is 414 g/mol. The Balaban J connectivity index is 1.87. The summed E-state index contributed by atoms with van der Waals surface area (Å²) >= 11 is 1.23. The van der Waals surface area contributed by atoms with Gasteiger partial charge in [-0.05, 0) is 12.1 Å². The second kappa shape index (κ2) is 7.87. The molecule has 0 aliphatic carbocycles. The molecule has 0 aromatic heterocycles. The first kappa shape index (κ1) is 19.6. The first-order valence-electron chi connectivity index (χ1n) is 8.00. The molecule has 27 heavy (non-hydrogen) atoms. The number of carboxylic acid groups (broad SMARTS) is 1. The molecule has 2 aliphatic rings. The number of aliphatic carboxylic acids is 1. The van der Waals surface area contributed by atoms with Gasteiger partial charge in [-0.2, -0.15) is 4.99 Å². The van der Waals surface area contributed by atoms with Crippen LogP contribution in [0.5, 0.6) is 5.75 Å². The van der Waals surface area contributed by atoms with E-state index < -0.39 is 34.9 Å². The van der Waals surface area contributed by atoms with Gasteiger partial charge in [-0.25, -0.2) is 13.2 Å². The molecule has 2 heterocycles. The largest absolute Gasteiger partial charge is 0.497 e. The van der Waals surface area contributed by atoms with Gasteiger partial charge in [0.05, 0.1) is 24.7 Å². The Morgan fingerprint density at radius 2 is 2.11 bits per heavy atom. The molecular formula is C16H18N2O7S2. The van der Waals surface area contributed by atoms with E-state index in [9.17, 15) is 18.0 Å². The Kier molecular flexibility index (Phi) is 5.72. The lowest BCUT2D eigenvalue weighted by Crippen LogP contribution is -2.37. The fourth-order valence-electron chi connectivity index (χ4n) is 2.99. The van der Waals surface area contributed by atoms with Crippen LogP contribution in [0.15, 0.2) is 29.3 Å². The number of sulfone groups is 1. The zero-order valence-electron chi connectivity index (χ0n) is 14.4. The van der Waals surface area contributed by atoms with Gasteiger partial charge in [0, 0.05) is 17.0 Å². The first-order chi connectivity index (χ1) is 12.8. The number of hydrogen-bond acceptors (Lipinski definition) is 7. The minimum absolute atomic E-state index is 0.0194. The van der Waals surface area contributed by atoms with Gasteiger partial charge in [-0.1, -0.05) is 17.8 Å². The highest BCUT2D eigenvalue weighted by atomic mass is 32.2. The van der Waals surface area contributed by atoms with Crippen molar-refractivity contribution in [3.05, 3.63) is 24.3 Å². The fraction of sp³-hybridized carbons (Fsp3) is 0.438. The number of benzene rings is 1. The van der Waals surface area contributed by atoms with Crippen molar-refractivity contribution in [2.45, 2.75) is 11.3 Å². The highest BCUT2D eigenvalue weighted by Gasteiger charge is 2.49. The van der Waals surface area contributed by atoms with E-state index in [4.69, 9.17) is 14.6 Å². The number of methoxy groups -OCH3 is 1. The third kappa shape index (κ3) is 4.60. The molecule has 1 N–H and O–H groups in total. The second-order valence-electron chi connectivity index (χ2n) is 6.05. The minimum Gasteiger partial charge on any atom is -0.497 e. The SMILES string of the molecule is COc1cccc(N2C(=NC(=O)COCC(=O)O)SC3CS(=O)(=O)CC32)c1. The molecule has 2 fully saturated rings. The summed E-state index contributed by atoms with van der Waals surface area (Å²) in [5, 5.41) is 8.70. The molecule has 146 valence electrons. The Hall–Kier alpha value is -2.11. The Bertz CT molecular complexity index is 885. The lowest BCUT2D eigenvalue weighted by molar-refractivity contribution is -0.143. The Morgan fingerprint density at radius 1 is 1.33 bits per heavy atom. The molecule has 9 nitrogen and oxygen atoms in total. The van der Waals surface area contributed by atoms with Crippen LogP contribution in [-0.4, -0.2) is 73.7 Å². The van der Waals surface area contributed by atoms with E-state index in [1.807, 2.05) is 0 Å². The zero-order valence-corrected chi connectivity index (χ0v) is 16.0. The van der Waals surface area contributed by atoms with Crippen LogP contribution in [0, 0.1) is 0 Å². The van der Waals surface area contributed by atoms with Crippen molar-refractivity contribution in [3.8, 4) is 5.75 Å². The van der Waals surface area contributed by atoms with E-state index in [1.54, 1.807) is 29.2 Å². The maximum absolute atomic E-state index is 12.0. The van der Waals surface area contributed by atoms with Crippen molar-refractivity contribution in [2.75, 3.05) is 36.7 Å². The average molecular weight is 414 g/mol. The molecule has 1 amide bonds. The molecule has 3 rings (SSSR count). The number of carbonyl (C=O) groups excluding carboxylic acids is 1. The highest BCUT2D eigenvalue weighted by molar-refractivity contribution is 8.16. The predicted octanol–water partition coefficient (Wildman–Crippen LogP) is 0.398. The van der Waals surface area contributed by atoms with Gasteiger partial charge >= 0.3 is 5.97 Å². The normalized spacial score (nSPS) is 24.8. The van der Waals surface area contributed by atoms with Crippen molar-refractivity contribution in [1.82, 2.24) is 0 Å². The molecule has 2 saturated heterocycles. The number of carboxylic acids is 1. The highest BCUT2D eigenvalue weighted by Crippen LogP contribution is 2.41. The van der Waals surface area contributed by atoms with Gasteiger partial charge in [0.15, 0.2) is 15.0 Å². The zero-order chi connectivity index (χ0) is 19.6. The number of amidine groups is 1. The molecular weight excluding hydrogens is 396 g/mol. The molecule has 2 aliphatic heterocycles. The van der Waals surface area contributed by atoms with Gasteiger partial charge in [0.2, 0.25) is 0 Å². The summed E-state index contributed by atoms with van der Waals surface area (Å²) in [6, 6.07) is 6.73. The number of thioether (sulfide) groups is 1. The summed E-state index contributed by atoms with van der Waals surface area (Å²) < 4.78 is 34.1. The quantitative estimate of drug-likeness (QED) is 0.704. The van der Waals surface area contributed by atoms with Crippen LogP contribution in [-0.2, 0) is 24.2 Å². The van der Waals surface area contributed by atoms with Crippen LogP contribution in [0.4, 0.5) is 5.69 Å². The molecule has 0 bridgehead atoms. The number of fused-ring (bicyclic) bond motifs is 1. The summed E-state index contributed by atoms with van der Waals surface area (Å²) in [7, 11) is -1.63. The third-order valence-electron chi connectivity index (χ3n) is 4.07. The van der Waals surface area contributed by atoms with E-state index in [2.05, 4.69) is 4.99 Å². The number of rotatable bonds is 6. The van der Waals surface area contributed by atoms with E-state index in [0.717, 1.165) is 0 Å². The van der Waals surface area contributed by atoms with Gasteiger partial charge in [0.1, 0.15) is 19.0 Å². The molecule has 0 saturated carbocycles. The molecule has 2 unspecified atom stereocenters. The standard InChI is InChI=1S/C16H18N2O7S2/c1-24-11-4-2-3-10(5-11)18-12-8-27(22,23)9-13(12)26-16(18)17-14(19)6-25-7-15(20)21/h2-5,12-13H,6-9H2,1H3,(H,20,21). The van der Waals surface area contributed by atoms with E-state index in [1.165, 1.54) is 18.9 Å². The maximum atomic E-state index is 12.0. The number of hydrogen-bond donors (Lipinski definition) is 1. The van der Waals surface area contributed by atoms with E-state index in [-0.39, 0.29) is 22.8 Å². The molecule has 0 radical (unpaired) electrons. The Morgan fingerprint density at radius 3 is 2.81 bits per heavy atom. The fourth-order valence-corrected chi connectivity index (χ4v) is 6.92. The van der Waals surface area contributed by atoms with Gasteiger partial charge in [-0.3, -0.25) is 4.79 Å². The number of aliphatic imine (C=N–C) groups is 1. The lowest BCUT2D eigenvalue weighted by Gasteiger charge is -2.24. The van der Waals surface area contributed by atoms with Gasteiger partial charge in [-0.15, -0.1) is 0 Å². The molecule has 2 atom stereocenters. The topological polar surface area (TPSA) is 123 Å². The predicted molar refractivity (Wildman–Crippen MR) is 100 cm³/mol. The van der Waals surface area contributed by atoms with Crippen molar-refractivity contribution in [2.24, 2.45) is 4.99 Å². The van der Waals surface area contributed by atoms with Crippen molar-refractivity contribution >= 4 is 44.3 Å². The molecule has 1 aromatic carbocycles. The summed E-state index contributed by atoms with van der Waals surface area (Å²) in [4.78, 5) is 28.3. The van der Waals surface area contributed by atoms with Crippen LogP contribution >= 0.6 is 11.8 Å². The van der Waals surface area contributed by atoms with E-state index in [0.29, 0.717) is 16.6 Å². The summed E-state index contributed by atoms with van der Waals surface area (Å²) in [6.07, 6.45) is 0. The lowest BCUT2D eigenvalue weighted by atomic mass is 10.2. The number of ether oxygens (including phenoxy) is 2. The van der Waals surface area contributed by atoms with E-state index >= 15 is 0 Å². The van der Waals surface area contributed by atoms with Crippen LogP contribution in [0.3, 0.4) is 0 Å². The van der Waals surface area contributed by atoms with Crippen LogP contribution in [0.25, 0.3) is 0 Å². The molecule has 1 aromatic rings. The van der Waals surface area contributed by atoms with Crippen molar-refractivity contribution in [1.29, 1.82) is 0 Å². The summed E-state index contributed by atoms with van der Waals surface area (Å²) in [5.41, 5.74) is 0.671. The van der Waals surface area contributed by atoms with Gasteiger partial charge < -0.3 is 19.5 Å². The Labute approximate surface area is 160 Å². The summed E-state index contributed by atoms with van der Waals surface area (Å²) in [5.74, 6) is -1.22. The molecule has 0 spiro atoms. The summed E-state index contributed by atoms with van der Waals surface area (Å²) in [6.45, 7) is -1.05. The maximum Gasteiger partial charge on any atom is 0.329 e. The van der Waals surface area contributed by atoms with Crippen molar-refractivity contribution in [3.63, 3.8) is 0 Å². The van der Waals surface area contributed by atoms with Gasteiger partial charge in [0.25, 0.3) is 5.91 Å². The van der Waals surface area contributed by atoms with Crippen molar-refractivity contribution < 1.29 is 32.6 Å². The number of carbonyl (C=O) groups is 2.